The second kappa shape index (κ2) is 9.39. The molecule has 6 nitrogen and oxygen atoms in total. The van der Waals surface area contributed by atoms with E-state index in [0.717, 1.165) is 32.5 Å². The average Bonchev–Trinajstić information content (AvgIpc) is 2.51. The minimum Gasteiger partial charge on any atom is -0.373 e. The Morgan fingerprint density at radius 2 is 1.78 bits per heavy atom. The minimum atomic E-state index is -0.0374. The molecule has 132 valence electrons. The largest absolute Gasteiger partial charge is 0.373 e. The van der Waals surface area contributed by atoms with Crippen molar-refractivity contribution in [2.75, 3.05) is 19.6 Å². The van der Waals surface area contributed by atoms with Crippen LogP contribution >= 0.6 is 12.2 Å². The Hall–Kier alpha value is -0.920. The SMILES string of the molecule is C[C@@H]1CN(CCC(=O)NNC(=S)NC2CCCCC2)C[C@@H](C)O1. The van der Waals surface area contributed by atoms with Crippen LogP contribution in [0.5, 0.6) is 0 Å². The van der Waals surface area contributed by atoms with Crippen LogP contribution in [0.1, 0.15) is 52.4 Å². The summed E-state index contributed by atoms with van der Waals surface area (Å²) in [5, 5.41) is 3.78. The quantitative estimate of drug-likeness (QED) is 0.529. The van der Waals surface area contributed by atoms with Crippen LogP contribution in [-0.4, -0.2) is 53.8 Å². The van der Waals surface area contributed by atoms with Crippen LogP contribution < -0.4 is 16.2 Å². The normalized spacial score (nSPS) is 26.5. The molecule has 1 aliphatic carbocycles. The molecule has 23 heavy (non-hydrogen) atoms. The number of morpholine rings is 1. The summed E-state index contributed by atoms with van der Waals surface area (Å²) in [6.45, 7) is 6.65. The van der Waals surface area contributed by atoms with Gasteiger partial charge >= 0.3 is 0 Å². The van der Waals surface area contributed by atoms with Gasteiger partial charge in [0.25, 0.3) is 0 Å². The summed E-state index contributed by atoms with van der Waals surface area (Å²) in [5.41, 5.74) is 5.50. The number of ether oxygens (including phenoxy) is 1. The van der Waals surface area contributed by atoms with E-state index >= 15 is 0 Å². The molecule has 0 bridgehead atoms. The van der Waals surface area contributed by atoms with Crippen LogP contribution in [0.3, 0.4) is 0 Å². The zero-order valence-electron chi connectivity index (χ0n) is 14.3. The van der Waals surface area contributed by atoms with Crippen molar-refractivity contribution >= 4 is 23.2 Å². The Bertz CT molecular complexity index is 392. The molecule has 1 aliphatic heterocycles. The van der Waals surface area contributed by atoms with E-state index in [2.05, 4.69) is 34.9 Å². The zero-order chi connectivity index (χ0) is 16.7. The number of amides is 1. The number of thiocarbonyl (C=S) groups is 1. The molecule has 0 spiro atoms. The molecule has 2 rings (SSSR count). The van der Waals surface area contributed by atoms with Crippen molar-refractivity contribution in [2.45, 2.75) is 70.6 Å². The maximum Gasteiger partial charge on any atom is 0.239 e. The highest BCUT2D eigenvalue weighted by molar-refractivity contribution is 7.80. The smallest absolute Gasteiger partial charge is 0.239 e. The summed E-state index contributed by atoms with van der Waals surface area (Å²) >= 11 is 5.23. The number of carbonyl (C=O) groups is 1. The molecular formula is C16H30N4O2S. The van der Waals surface area contributed by atoms with Gasteiger partial charge in [-0.15, -0.1) is 0 Å². The van der Waals surface area contributed by atoms with Gasteiger partial charge in [0.2, 0.25) is 5.91 Å². The van der Waals surface area contributed by atoms with Gasteiger partial charge in [-0.25, -0.2) is 0 Å². The second-order valence-corrected chi connectivity index (χ2v) is 7.16. The van der Waals surface area contributed by atoms with Crippen molar-refractivity contribution in [3.63, 3.8) is 0 Å². The maximum absolute atomic E-state index is 11.9. The zero-order valence-corrected chi connectivity index (χ0v) is 15.1. The van der Waals surface area contributed by atoms with Crippen LogP contribution in [0, 0.1) is 0 Å². The molecule has 2 aliphatic rings. The van der Waals surface area contributed by atoms with Gasteiger partial charge in [-0.2, -0.15) is 0 Å². The third-order valence-corrected chi connectivity index (χ3v) is 4.63. The lowest BCUT2D eigenvalue weighted by Crippen LogP contribution is -2.51. The molecule has 0 aromatic carbocycles. The van der Waals surface area contributed by atoms with E-state index in [0.29, 0.717) is 17.6 Å². The Labute approximate surface area is 144 Å². The molecule has 1 heterocycles. The highest BCUT2D eigenvalue weighted by Crippen LogP contribution is 2.17. The molecular weight excluding hydrogens is 312 g/mol. The van der Waals surface area contributed by atoms with E-state index in [1.54, 1.807) is 0 Å². The molecule has 1 amide bonds. The Kier molecular flexibility index (Phi) is 7.52. The van der Waals surface area contributed by atoms with E-state index in [9.17, 15) is 4.79 Å². The lowest BCUT2D eigenvalue weighted by Gasteiger charge is -2.35. The predicted molar refractivity (Wildman–Crippen MR) is 95.0 cm³/mol. The predicted octanol–water partition coefficient (Wildman–Crippen LogP) is 1.31. The molecule has 3 N–H and O–H groups in total. The van der Waals surface area contributed by atoms with Crippen molar-refractivity contribution in [1.29, 1.82) is 0 Å². The Morgan fingerprint density at radius 3 is 2.43 bits per heavy atom. The Balaban J connectivity index is 1.58. The molecule has 0 unspecified atom stereocenters. The van der Waals surface area contributed by atoms with Gasteiger partial charge in [0.15, 0.2) is 5.11 Å². The molecule has 0 aromatic rings. The fourth-order valence-corrected chi connectivity index (χ4v) is 3.60. The molecule has 2 fully saturated rings. The van der Waals surface area contributed by atoms with Crippen LogP contribution in [0.15, 0.2) is 0 Å². The van der Waals surface area contributed by atoms with Gasteiger partial charge < -0.3 is 10.1 Å². The number of rotatable bonds is 4. The van der Waals surface area contributed by atoms with Crippen molar-refractivity contribution in [1.82, 2.24) is 21.1 Å². The van der Waals surface area contributed by atoms with Gasteiger partial charge in [-0.1, -0.05) is 19.3 Å². The van der Waals surface area contributed by atoms with Crippen molar-refractivity contribution in [3.8, 4) is 0 Å². The third-order valence-electron chi connectivity index (χ3n) is 4.41. The molecule has 7 heteroatoms. The summed E-state index contributed by atoms with van der Waals surface area (Å²) in [4.78, 5) is 14.2. The standard InChI is InChI=1S/C16H30N4O2S/c1-12-10-20(11-13(2)22-12)9-8-15(21)18-19-16(23)17-14-6-4-3-5-7-14/h12-14H,3-11H2,1-2H3,(H,18,21)(H2,17,19,23)/t12-,13-/m1/s1. The molecule has 0 aromatic heterocycles. The number of nitrogens with one attached hydrogen (secondary N) is 3. The Morgan fingerprint density at radius 1 is 1.13 bits per heavy atom. The van der Waals surface area contributed by atoms with Gasteiger partial charge in [-0.3, -0.25) is 20.5 Å². The summed E-state index contributed by atoms with van der Waals surface area (Å²) < 4.78 is 5.69. The second-order valence-electron chi connectivity index (χ2n) is 6.75. The van der Waals surface area contributed by atoms with Gasteiger partial charge in [0.05, 0.1) is 12.2 Å². The monoisotopic (exact) mass is 342 g/mol. The number of hydrazine groups is 1. The summed E-state index contributed by atoms with van der Waals surface area (Å²) in [6.07, 6.45) is 7.05. The lowest BCUT2D eigenvalue weighted by molar-refractivity contribution is -0.123. The first-order chi connectivity index (χ1) is 11.0. The van der Waals surface area contributed by atoms with E-state index in [-0.39, 0.29) is 18.1 Å². The van der Waals surface area contributed by atoms with Gasteiger partial charge in [0.1, 0.15) is 0 Å². The number of nitrogens with zero attached hydrogens (tertiary/aromatic N) is 1. The fourth-order valence-electron chi connectivity index (χ4n) is 3.38. The molecule has 1 saturated heterocycles. The number of carbonyl (C=O) groups excluding carboxylic acids is 1. The van der Waals surface area contributed by atoms with E-state index in [1.807, 2.05) is 0 Å². The molecule has 2 atom stereocenters. The van der Waals surface area contributed by atoms with Crippen LogP contribution in [0.25, 0.3) is 0 Å². The van der Waals surface area contributed by atoms with Crippen molar-refractivity contribution in [2.24, 2.45) is 0 Å². The first-order valence-electron chi connectivity index (χ1n) is 8.76. The summed E-state index contributed by atoms with van der Waals surface area (Å²) in [7, 11) is 0. The van der Waals surface area contributed by atoms with Crippen molar-refractivity contribution in [3.05, 3.63) is 0 Å². The van der Waals surface area contributed by atoms with Gasteiger partial charge in [0, 0.05) is 32.1 Å². The summed E-state index contributed by atoms with van der Waals surface area (Å²) in [6, 6.07) is 0.442. The third kappa shape index (κ3) is 7.01. The topological polar surface area (TPSA) is 65.6 Å². The molecule has 1 saturated carbocycles. The highest BCUT2D eigenvalue weighted by Gasteiger charge is 2.22. The van der Waals surface area contributed by atoms with E-state index in [4.69, 9.17) is 17.0 Å². The highest BCUT2D eigenvalue weighted by atomic mass is 32.1. The van der Waals surface area contributed by atoms with Crippen LogP contribution in [-0.2, 0) is 9.53 Å². The first-order valence-corrected chi connectivity index (χ1v) is 9.17. The van der Waals surface area contributed by atoms with Crippen LogP contribution in [0.4, 0.5) is 0 Å². The fraction of sp³-hybridized carbons (Fsp3) is 0.875. The van der Waals surface area contributed by atoms with Gasteiger partial charge in [-0.05, 0) is 38.9 Å². The average molecular weight is 343 g/mol. The number of hydrogen-bond donors (Lipinski definition) is 3. The van der Waals surface area contributed by atoms with E-state index < -0.39 is 0 Å². The first kappa shape index (κ1) is 18.4. The minimum absolute atomic E-state index is 0.0374. The van der Waals surface area contributed by atoms with Crippen LogP contribution in [0.2, 0.25) is 0 Å². The number of hydrogen-bond acceptors (Lipinski definition) is 4. The maximum atomic E-state index is 11.9. The molecule has 0 radical (unpaired) electrons. The van der Waals surface area contributed by atoms with Crippen molar-refractivity contribution < 1.29 is 9.53 Å². The van der Waals surface area contributed by atoms with E-state index in [1.165, 1.54) is 19.3 Å². The summed E-state index contributed by atoms with van der Waals surface area (Å²) in [5.74, 6) is -0.0374. The lowest BCUT2D eigenvalue weighted by atomic mass is 9.96.